The minimum Gasteiger partial charge on any atom is -0.479 e. The summed E-state index contributed by atoms with van der Waals surface area (Å²) in [5.41, 5.74) is 0. The largest absolute Gasteiger partial charge is 0.479 e. The van der Waals surface area contributed by atoms with E-state index in [4.69, 9.17) is 9.84 Å². The number of carboxylic acids is 1. The fraction of sp³-hybridized carbons (Fsp3) is 0.833. The zero-order chi connectivity index (χ0) is 14.9. The smallest absolute Gasteiger partial charge is 0.334 e. The first-order valence-electron chi connectivity index (χ1n) is 6.27. The highest BCUT2D eigenvalue weighted by Crippen LogP contribution is 2.29. The minimum atomic E-state index is -1.09. The van der Waals surface area contributed by atoms with E-state index in [-0.39, 0.29) is 17.3 Å². The molecule has 0 rings (SSSR count). The van der Waals surface area contributed by atoms with Gasteiger partial charge >= 0.3 is 12.0 Å². The van der Waals surface area contributed by atoms with Crippen molar-refractivity contribution >= 4 is 23.8 Å². The quantitative estimate of drug-likeness (QED) is 0.596. The zero-order valence-electron chi connectivity index (χ0n) is 12.0. The fourth-order valence-corrected chi connectivity index (χ4v) is 2.42. The van der Waals surface area contributed by atoms with Gasteiger partial charge in [0.15, 0.2) is 6.10 Å². The normalized spacial score (nSPS) is 12.8. The van der Waals surface area contributed by atoms with Crippen LogP contribution in [0.2, 0.25) is 0 Å². The summed E-state index contributed by atoms with van der Waals surface area (Å²) < 4.78 is 4.76. The molecular weight excluding hydrogens is 268 g/mol. The lowest BCUT2D eigenvalue weighted by atomic mass is 10.0. The fourth-order valence-electron chi connectivity index (χ4n) is 1.62. The van der Waals surface area contributed by atoms with E-state index in [9.17, 15) is 9.59 Å². The summed E-state index contributed by atoms with van der Waals surface area (Å²) in [6, 6.07) is -0.372. The number of ether oxygens (including phenoxy) is 1. The van der Waals surface area contributed by atoms with Crippen LogP contribution in [-0.4, -0.2) is 54.4 Å². The lowest BCUT2D eigenvalue weighted by Crippen LogP contribution is -2.47. The van der Waals surface area contributed by atoms with Gasteiger partial charge in [0.1, 0.15) is 0 Å². The summed E-state index contributed by atoms with van der Waals surface area (Å²) in [7, 11) is 1.30. The number of nitrogens with one attached hydrogen (secondary N) is 2. The van der Waals surface area contributed by atoms with Crippen molar-refractivity contribution in [3.05, 3.63) is 0 Å². The Hall–Kier alpha value is -0.950. The highest BCUT2D eigenvalue weighted by Gasteiger charge is 2.25. The van der Waals surface area contributed by atoms with Gasteiger partial charge in [-0.15, -0.1) is 0 Å². The molecule has 0 saturated heterocycles. The topological polar surface area (TPSA) is 87.7 Å². The van der Waals surface area contributed by atoms with Crippen LogP contribution in [0.3, 0.4) is 0 Å². The summed E-state index contributed by atoms with van der Waals surface area (Å²) in [5.74, 6) is -1.09. The van der Waals surface area contributed by atoms with E-state index < -0.39 is 12.1 Å². The number of urea groups is 1. The van der Waals surface area contributed by atoms with Crippen LogP contribution in [0, 0.1) is 0 Å². The molecule has 19 heavy (non-hydrogen) atoms. The van der Waals surface area contributed by atoms with Crippen LogP contribution < -0.4 is 10.6 Å². The second-order valence-corrected chi connectivity index (χ2v) is 5.49. The van der Waals surface area contributed by atoms with Gasteiger partial charge in [-0.05, 0) is 19.1 Å². The third kappa shape index (κ3) is 6.15. The number of hydrogen-bond donors (Lipinski definition) is 3. The molecule has 6 nitrogen and oxygen atoms in total. The van der Waals surface area contributed by atoms with Gasteiger partial charge in [0.05, 0.1) is 6.54 Å². The van der Waals surface area contributed by atoms with Crippen LogP contribution in [0.15, 0.2) is 0 Å². The molecule has 112 valence electrons. The van der Waals surface area contributed by atoms with Crippen LogP contribution in [0.5, 0.6) is 0 Å². The van der Waals surface area contributed by atoms with Crippen LogP contribution in [0.25, 0.3) is 0 Å². The molecule has 0 bridgehead atoms. The lowest BCUT2D eigenvalue weighted by molar-refractivity contribution is -0.147. The Morgan fingerprint density at radius 3 is 2.26 bits per heavy atom. The highest BCUT2D eigenvalue weighted by atomic mass is 32.2. The third-order valence-corrected chi connectivity index (χ3v) is 4.89. The molecule has 0 saturated carbocycles. The average Bonchev–Trinajstić information content (AvgIpc) is 2.41. The summed E-state index contributed by atoms with van der Waals surface area (Å²) in [6.07, 6.45) is 2.92. The number of carbonyl (C=O) groups excluding carboxylic acids is 1. The average molecular weight is 292 g/mol. The standard InChI is InChI=1S/C12H24N2O4S/c1-5-12(6-2,19-4)8-14-11(17)13-7-9(18-3)10(15)16/h9H,5-8H2,1-4H3,(H,15,16)(H2,13,14,17). The van der Waals surface area contributed by atoms with Crippen molar-refractivity contribution in [1.82, 2.24) is 10.6 Å². The second-order valence-electron chi connectivity index (χ2n) is 4.22. The zero-order valence-corrected chi connectivity index (χ0v) is 12.8. The van der Waals surface area contributed by atoms with E-state index in [1.807, 2.05) is 6.26 Å². The van der Waals surface area contributed by atoms with Crippen molar-refractivity contribution in [2.45, 2.75) is 37.5 Å². The van der Waals surface area contributed by atoms with E-state index >= 15 is 0 Å². The van der Waals surface area contributed by atoms with Gasteiger partial charge < -0.3 is 20.5 Å². The van der Waals surface area contributed by atoms with Gasteiger partial charge in [-0.1, -0.05) is 13.8 Å². The van der Waals surface area contributed by atoms with Crippen molar-refractivity contribution in [2.75, 3.05) is 26.5 Å². The van der Waals surface area contributed by atoms with Crippen LogP contribution >= 0.6 is 11.8 Å². The molecule has 0 aromatic rings. The van der Waals surface area contributed by atoms with E-state index in [2.05, 4.69) is 24.5 Å². The van der Waals surface area contributed by atoms with Gasteiger partial charge in [0.2, 0.25) is 0 Å². The summed E-state index contributed by atoms with van der Waals surface area (Å²) in [6.45, 7) is 4.68. The predicted molar refractivity (Wildman–Crippen MR) is 76.7 cm³/mol. The van der Waals surface area contributed by atoms with Crippen LogP contribution in [0.1, 0.15) is 26.7 Å². The Morgan fingerprint density at radius 1 is 1.32 bits per heavy atom. The Balaban J connectivity index is 4.15. The van der Waals surface area contributed by atoms with E-state index in [0.29, 0.717) is 6.54 Å². The molecular formula is C12H24N2O4S. The van der Waals surface area contributed by atoms with Crippen LogP contribution in [0.4, 0.5) is 4.79 Å². The molecule has 2 amide bonds. The van der Waals surface area contributed by atoms with Gasteiger partial charge in [-0.2, -0.15) is 11.8 Å². The van der Waals surface area contributed by atoms with E-state index in [1.165, 1.54) is 7.11 Å². The lowest BCUT2D eigenvalue weighted by Gasteiger charge is -2.29. The summed E-state index contributed by atoms with van der Waals surface area (Å²) in [5, 5.41) is 14.0. The predicted octanol–water partition coefficient (Wildman–Crippen LogP) is 1.31. The molecule has 0 heterocycles. The van der Waals surface area contributed by atoms with Crippen molar-refractivity contribution in [3.8, 4) is 0 Å². The van der Waals surface area contributed by atoms with E-state index in [1.54, 1.807) is 11.8 Å². The highest BCUT2D eigenvalue weighted by molar-refractivity contribution is 8.00. The molecule has 0 aliphatic heterocycles. The number of methoxy groups -OCH3 is 1. The minimum absolute atomic E-state index is 0.0325. The molecule has 0 aromatic carbocycles. The Labute approximate surface area is 118 Å². The molecule has 0 aromatic heterocycles. The van der Waals surface area contributed by atoms with Crippen molar-refractivity contribution in [2.24, 2.45) is 0 Å². The summed E-state index contributed by atoms with van der Waals surface area (Å²) in [4.78, 5) is 22.3. The maximum Gasteiger partial charge on any atom is 0.334 e. The first-order valence-corrected chi connectivity index (χ1v) is 7.49. The number of carbonyl (C=O) groups is 2. The monoisotopic (exact) mass is 292 g/mol. The molecule has 1 unspecified atom stereocenters. The number of carboxylic acid groups (broad SMARTS) is 1. The Morgan fingerprint density at radius 2 is 1.89 bits per heavy atom. The molecule has 3 N–H and O–H groups in total. The van der Waals surface area contributed by atoms with Crippen molar-refractivity contribution < 1.29 is 19.4 Å². The number of amides is 2. The molecule has 0 radical (unpaired) electrons. The van der Waals surface area contributed by atoms with Gasteiger partial charge in [0.25, 0.3) is 0 Å². The molecule has 0 aliphatic rings. The molecule has 0 spiro atoms. The van der Waals surface area contributed by atoms with Gasteiger partial charge in [-0.3, -0.25) is 0 Å². The van der Waals surface area contributed by atoms with Gasteiger partial charge in [0, 0.05) is 18.4 Å². The van der Waals surface area contributed by atoms with Crippen molar-refractivity contribution in [3.63, 3.8) is 0 Å². The molecule has 7 heteroatoms. The first kappa shape index (κ1) is 18.0. The maximum atomic E-state index is 11.6. The third-order valence-electron chi connectivity index (χ3n) is 3.30. The first-order chi connectivity index (χ1) is 8.94. The van der Waals surface area contributed by atoms with Crippen LogP contribution in [-0.2, 0) is 9.53 Å². The molecule has 0 aliphatic carbocycles. The SMILES string of the molecule is CCC(CC)(CNC(=O)NCC(OC)C(=O)O)SC. The number of rotatable bonds is 9. The van der Waals surface area contributed by atoms with E-state index in [0.717, 1.165) is 12.8 Å². The number of thioether (sulfide) groups is 1. The van der Waals surface area contributed by atoms with Gasteiger partial charge in [-0.25, -0.2) is 9.59 Å². The number of hydrogen-bond acceptors (Lipinski definition) is 4. The second kappa shape index (κ2) is 9.03. The summed E-state index contributed by atoms with van der Waals surface area (Å²) >= 11 is 1.73. The maximum absolute atomic E-state index is 11.6. The van der Waals surface area contributed by atoms with Crippen molar-refractivity contribution in [1.29, 1.82) is 0 Å². The Kier molecular flexibility index (Phi) is 8.58. The molecule has 0 fully saturated rings. The molecule has 1 atom stereocenters. The number of aliphatic carboxylic acids is 1. The Bertz CT molecular complexity index is 287.